The number of ether oxygens (including phenoxy) is 2. The molecule has 6 heteroatoms. The van der Waals surface area contributed by atoms with E-state index < -0.39 is 6.10 Å². The van der Waals surface area contributed by atoms with Crippen LogP contribution in [0.3, 0.4) is 0 Å². The second-order valence-electron chi connectivity index (χ2n) is 7.12. The van der Waals surface area contributed by atoms with E-state index in [0.29, 0.717) is 18.0 Å². The van der Waals surface area contributed by atoms with Crippen molar-refractivity contribution in [1.82, 2.24) is 5.32 Å². The summed E-state index contributed by atoms with van der Waals surface area (Å²) < 4.78 is 11.4. The number of rotatable bonds is 5. The monoisotopic (exact) mass is 346 g/mol. The molecule has 1 saturated heterocycles. The fourth-order valence-electron chi connectivity index (χ4n) is 3.21. The fraction of sp³-hybridized carbons (Fsp3) is 0.579. The maximum atomic E-state index is 12.8. The Kier molecular flexibility index (Phi) is 5.27. The van der Waals surface area contributed by atoms with Gasteiger partial charge in [-0.1, -0.05) is 19.9 Å². The van der Waals surface area contributed by atoms with E-state index in [1.807, 2.05) is 39.0 Å². The molecule has 136 valence electrons. The Labute approximate surface area is 148 Å². The van der Waals surface area contributed by atoms with Gasteiger partial charge < -0.3 is 14.8 Å². The third kappa shape index (κ3) is 3.95. The molecule has 1 aromatic carbocycles. The van der Waals surface area contributed by atoms with E-state index in [4.69, 9.17) is 9.47 Å². The minimum atomic E-state index is -0.568. The van der Waals surface area contributed by atoms with Gasteiger partial charge in [-0.3, -0.25) is 14.5 Å². The Morgan fingerprint density at radius 1 is 1.40 bits per heavy atom. The van der Waals surface area contributed by atoms with E-state index in [1.165, 1.54) is 0 Å². The number of nitrogens with zero attached hydrogens (tertiary/aromatic N) is 1. The lowest BCUT2D eigenvalue weighted by Crippen LogP contribution is -2.52. The number of nitrogens with one attached hydrogen (secondary N) is 1. The van der Waals surface area contributed by atoms with Gasteiger partial charge in [-0.2, -0.15) is 0 Å². The van der Waals surface area contributed by atoms with E-state index in [1.54, 1.807) is 4.90 Å². The highest BCUT2D eigenvalue weighted by Crippen LogP contribution is 2.36. The largest absolute Gasteiger partial charge is 0.478 e. The topological polar surface area (TPSA) is 67.9 Å². The number of carbonyl (C=O) groups excluding carboxylic acids is 2. The molecule has 2 amide bonds. The predicted molar refractivity (Wildman–Crippen MR) is 94.8 cm³/mol. The highest BCUT2D eigenvalue weighted by Gasteiger charge is 2.37. The molecule has 3 rings (SSSR count). The van der Waals surface area contributed by atoms with Gasteiger partial charge in [0, 0.05) is 13.2 Å². The van der Waals surface area contributed by atoms with Crippen molar-refractivity contribution in [1.29, 1.82) is 0 Å². The van der Waals surface area contributed by atoms with Gasteiger partial charge in [0.15, 0.2) is 6.10 Å². The lowest BCUT2D eigenvalue weighted by molar-refractivity contribution is -0.130. The maximum absolute atomic E-state index is 12.8. The Morgan fingerprint density at radius 3 is 2.88 bits per heavy atom. The van der Waals surface area contributed by atoms with Crippen molar-refractivity contribution in [2.24, 2.45) is 5.92 Å². The second kappa shape index (κ2) is 7.44. The third-order valence-corrected chi connectivity index (χ3v) is 4.63. The van der Waals surface area contributed by atoms with Gasteiger partial charge >= 0.3 is 0 Å². The summed E-state index contributed by atoms with van der Waals surface area (Å²) in [5.74, 6) is 0.330. The van der Waals surface area contributed by atoms with Crippen LogP contribution in [0.1, 0.15) is 32.3 Å². The zero-order valence-electron chi connectivity index (χ0n) is 15.1. The van der Waals surface area contributed by atoms with Gasteiger partial charge in [0.1, 0.15) is 12.3 Å². The van der Waals surface area contributed by atoms with Crippen LogP contribution in [-0.4, -0.2) is 43.7 Å². The number of benzene rings is 1. The molecule has 0 radical (unpaired) electrons. The predicted octanol–water partition coefficient (Wildman–Crippen LogP) is 2.04. The number of aryl methyl sites for hydroxylation is 1. The van der Waals surface area contributed by atoms with Crippen molar-refractivity contribution in [2.75, 3.05) is 24.6 Å². The van der Waals surface area contributed by atoms with E-state index in [-0.39, 0.29) is 30.4 Å². The van der Waals surface area contributed by atoms with E-state index in [9.17, 15) is 9.59 Å². The van der Waals surface area contributed by atoms with Gasteiger partial charge in [-0.05, 0) is 43.4 Å². The molecule has 0 aromatic heterocycles. The molecule has 0 unspecified atom stereocenters. The molecule has 0 bridgehead atoms. The minimum absolute atomic E-state index is 0.00537. The van der Waals surface area contributed by atoms with Gasteiger partial charge in [0.05, 0.1) is 11.8 Å². The lowest BCUT2D eigenvalue weighted by Gasteiger charge is -2.35. The van der Waals surface area contributed by atoms with Crippen LogP contribution in [0, 0.1) is 12.8 Å². The first-order valence-electron chi connectivity index (χ1n) is 8.92. The molecule has 0 aliphatic carbocycles. The number of hydrogen-bond donors (Lipinski definition) is 1. The Balaban J connectivity index is 1.74. The van der Waals surface area contributed by atoms with Crippen LogP contribution < -0.4 is 15.0 Å². The molecule has 1 aromatic rings. The normalized spacial score (nSPS) is 22.7. The molecule has 0 saturated carbocycles. The van der Waals surface area contributed by atoms with Crippen molar-refractivity contribution in [3.63, 3.8) is 0 Å². The Hall–Kier alpha value is -2.08. The second-order valence-corrected chi connectivity index (χ2v) is 7.12. The van der Waals surface area contributed by atoms with Gasteiger partial charge in [-0.15, -0.1) is 0 Å². The number of amides is 2. The SMILES string of the molecule is Cc1ccc2c(c1)N(CC(=O)NC[C@@H]1CCCO1)C(=O)[C@@H](C(C)C)O2. The maximum Gasteiger partial charge on any atom is 0.268 e. The zero-order valence-corrected chi connectivity index (χ0v) is 15.1. The van der Waals surface area contributed by atoms with Crippen LogP contribution in [0.25, 0.3) is 0 Å². The van der Waals surface area contributed by atoms with Crippen LogP contribution in [0.15, 0.2) is 18.2 Å². The molecule has 2 aliphatic rings. The van der Waals surface area contributed by atoms with Gasteiger partial charge in [0.2, 0.25) is 5.91 Å². The third-order valence-electron chi connectivity index (χ3n) is 4.63. The lowest BCUT2D eigenvalue weighted by atomic mass is 10.0. The standard InChI is InChI=1S/C19H26N2O4/c1-12(2)18-19(23)21(15-9-13(3)6-7-16(15)25-18)11-17(22)20-10-14-5-4-8-24-14/h6-7,9,12,14,18H,4-5,8,10-11H2,1-3H3,(H,20,22)/t14-,18+/m0/s1. The quantitative estimate of drug-likeness (QED) is 0.886. The van der Waals surface area contributed by atoms with Crippen LogP contribution in [0.2, 0.25) is 0 Å². The van der Waals surface area contributed by atoms with E-state index in [0.717, 1.165) is 25.0 Å². The van der Waals surface area contributed by atoms with Crippen LogP contribution in [-0.2, 0) is 14.3 Å². The number of carbonyl (C=O) groups is 2. The van der Waals surface area contributed by atoms with Crippen molar-refractivity contribution < 1.29 is 19.1 Å². The summed E-state index contributed by atoms with van der Waals surface area (Å²) >= 11 is 0. The molecular weight excluding hydrogens is 320 g/mol. The van der Waals surface area contributed by atoms with Gasteiger partial charge in [0.25, 0.3) is 5.91 Å². The first kappa shape index (κ1) is 17.7. The average Bonchev–Trinajstić information content (AvgIpc) is 3.09. The highest BCUT2D eigenvalue weighted by molar-refractivity contribution is 6.04. The summed E-state index contributed by atoms with van der Waals surface area (Å²) in [4.78, 5) is 26.8. The average molecular weight is 346 g/mol. The Bertz CT molecular complexity index is 653. The number of fused-ring (bicyclic) bond motifs is 1. The van der Waals surface area contributed by atoms with Crippen LogP contribution in [0.4, 0.5) is 5.69 Å². The summed E-state index contributed by atoms with van der Waals surface area (Å²) in [6.07, 6.45) is 1.52. The summed E-state index contributed by atoms with van der Waals surface area (Å²) in [5.41, 5.74) is 1.68. The minimum Gasteiger partial charge on any atom is -0.478 e. The van der Waals surface area contributed by atoms with E-state index >= 15 is 0 Å². The summed E-state index contributed by atoms with van der Waals surface area (Å²) in [7, 11) is 0. The highest BCUT2D eigenvalue weighted by atomic mass is 16.5. The number of anilines is 1. The Morgan fingerprint density at radius 2 is 2.20 bits per heavy atom. The smallest absolute Gasteiger partial charge is 0.268 e. The fourth-order valence-corrected chi connectivity index (χ4v) is 3.21. The van der Waals surface area contributed by atoms with Gasteiger partial charge in [-0.25, -0.2) is 0 Å². The first-order valence-corrected chi connectivity index (χ1v) is 8.92. The van der Waals surface area contributed by atoms with Crippen molar-refractivity contribution in [2.45, 2.75) is 45.8 Å². The molecule has 1 N–H and O–H groups in total. The van der Waals surface area contributed by atoms with Crippen molar-refractivity contribution in [3.05, 3.63) is 23.8 Å². The molecule has 1 fully saturated rings. The first-order chi connectivity index (χ1) is 12.0. The molecule has 25 heavy (non-hydrogen) atoms. The van der Waals surface area contributed by atoms with Crippen LogP contribution in [0.5, 0.6) is 5.75 Å². The number of hydrogen-bond acceptors (Lipinski definition) is 4. The molecule has 6 nitrogen and oxygen atoms in total. The molecule has 2 atom stereocenters. The van der Waals surface area contributed by atoms with Crippen LogP contribution >= 0.6 is 0 Å². The molecular formula is C19H26N2O4. The molecule has 2 heterocycles. The summed E-state index contributed by atoms with van der Waals surface area (Å²) in [6.45, 7) is 7.08. The zero-order chi connectivity index (χ0) is 18.0. The molecule has 2 aliphatic heterocycles. The van der Waals surface area contributed by atoms with E-state index in [2.05, 4.69) is 5.32 Å². The molecule has 0 spiro atoms. The summed E-state index contributed by atoms with van der Waals surface area (Å²) in [5, 5.41) is 2.88. The van der Waals surface area contributed by atoms with Crippen molar-refractivity contribution >= 4 is 17.5 Å². The van der Waals surface area contributed by atoms with Crippen molar-refractivity contribution in [3.8, 4) is 5.75 Å². The summed E-state index contributed by atoms with van der Waals surface area (Å²) in [6, 6.07) is 5.70.